The van der Waals surface area contributed by atoms with E-state index in [9.17, 15) is 4.79 Å². The third-order valence-corrected chi connectivity index (χ3v) is 5.56. The monoisotopic (exact) mass is 356 g/mol. The van der Waals surface area contributed by atoms with Crippen molar-refractivity contribution >= 4 is 5.91 Å². The highest BCUT2D eigenvalue weighted by Crippen LogP contribution is 2.34. The topological polar surface area (TPSA) is 68.8 Å². The van der Waals surface area contributed by atoms with Crippen LogP contribution in [0.3, 0.4) is 0 Å². The van der Waals surface area contributed by atoms with Crippen LogP contribution >= 0.6 is 0 Å². The Balaban J connectivity index is 1.45. The standard InChI is InChI=1S/C19H28N6O/c1-14-11-15(2)25(22-14)10-8-18(26)24-9-4-3-5-17(24)19-21-20-13-23(19)12-16-6-7-16/h11,13,16-17H,3-10,12H2,1-2H3/t17-/m1/s1. The van der Waals surface area contributed by atoms with Crippen LogP contribution in [0.4, 0.5) is 0 Å². The molecule has 2 aromatic rings. The maximum atomic E-state index is 13.0. The molecule has 1 aliphatic heterocycles. The number of piperidine rings is 1. The zero-order valence-corrected chi connectivity index (χ0v) is 15.8. The maximum Gasteiger partial charge on any atom is 0.225 e. The molecular formula is C19H28N6O. The van der Waals surface area contributed by atoms with E-state index in [-0.39, 0.29) is 11.9 Å². The van der Waals surface area contributed by atoms with Crippen LogP contribution in [0.2, 0.25) is 0 Å². The van der Waals surface area contributed by atoms with Crippen LogP contribution in [-0.4, -0.2) is 41.9 Å². The van der Waals surface area contributed by atoms with Crippen LogP contribution in [0.15, 0.2) is 12.4 Å². The average molecular weight is 356 g/mol. The zero-order valence-electron chi connectivity index (χ0n) is 15.8. The van der Waals surface area contributed by atoms with Crippen molar-refractivity contribution in [2.75, 3.05) is 6.54 Å². The predicted octanol–water partition coefficient (Wildman–Crippen LogP) is 2.65. The van der Waals surface area contributed by atoms with Crippen molar-refractivity contribution in [1.29, 1.82) is 0 Å². The molecule has 140 valence electrons. The second-order valence-corrected chi connectivity index (χ2v) is 7.78. The first-order chi connectivity index (χ1) is 12.6. The highest BCUT2D eigenvalue weighted by Gasteiger charge is 2.32. The van der Waals surface area contributed by atoms with Crippen LogP contribution in [0.1, 0.15) is 61.8 Å². The van der Waals surface area contributed by atoms with E-state index < -0.39 is 0 Å². The molecule has 0 radical (unpaired) electrons. The van der Waals surface area contributed by atoms with Gasteiger partial charge < -0.3 is 9.47 Å². The summed E-state index contributed by atoms with van der Waals surface area (Å²) in [5.74, 6) is 1.93. The van der Waals surface area contributed by atoms with Gasteiger partial charge in [0.25, 0.3) is 0 Å². The molecule has 2 aliphatic rings. The molecule has 3 heterocycles. The van der Waals surface area contributed by atoms with Crippen molar-refractivity contribution in [3.05, 3.63) is 29.6 Å². The molecule has 7 heteroatoms. The van der Waals surface area contributed by atoms with Crippen LogP contribution in [-0.2, 0) is 17.9 Å². The Morgan fingerprint density at radius 1 is 1.23 bits per heavy atom. The zero-order chi connectivity index (χ0) is 18.1. The summed E-state index contributed by atoms with van der Waals surface area (Å²) in [6.45, 7) is 6.47. The van der Waals surface area contributed by atoms with Gasteiger partial charge in [-0.3, -0.25) is 9.48 Å². The molecule has 7 nitrogen and oxygen atoms in total. The van der Waals surface area contributed by atoms with Crippen molar-refractivity contribution < 1.29 is 4.79 Å². The molecule has 1 atom stereocenters. The quantitative estimate of drug-likeness (QED) is 0.798. The molecule has 0 unspecified atom stereocenters. The minimum absolute atomic E-state index is 0.0676. The van der Waals surface area contributed by atoms with Gasteiger partial charge in [-0.2, -0.15) is 5.10 Å². The Morgan fingerprint density at radius 2 is 2.08 bits per heavy atom. The molecule has 1 aliphatic carbocycles. The lowest BCUT2D eigenvalue weighted by Gasteiger charge is -2.35. The molecule has 1 saturated heterocycles. The molecule has 4 rings (SSSR count). The van der Waals surface area contributed by atoms with Gasteiger partial charge in [0.1, 0.15) is 6.33 Å². The fourth-order valence-corrected chi connectivity index (χ4v) is 3.99. The highest BCUT2D eigenvalue weighted by molar-refractivity contribution is 5.76. The first kappa shape index (κ1) is 17.2. The molecule has 0 aromatic carbocycles. The van der Waals surface area contributed by atoms with Gasteiger partial charge in [-0.25, -0.2) is 0 Å². The van der Waals surface area contributed by atoms with Crippen molar-refractivity contribution in [3.63, 3.8) is 0 Å². The molecule has 0 bridgehead atoms. The van der Waals surface area contributed by atoms with Gasteiger partial charge in [-0.1, -0.05) is 0 Å². The van der Waals surface area contributed by atoms with E-state index in [4.69, 9.17) is 0 Å². The summed E-state index contributed by atoms with van der Waals surface area (Å²) in [4.78, 5) is 15.0. The fourth-order valence-electron chi connectivity index (χ4n) is 3.99. The number of carbonyl (C=O) groups is 1. The third-order valence-electron chi connectivity index (χ3n) is 5.56. The van der Waals surface area contributed by atoms with Crippen molar-refractivity contribution in [3.8, 4) is 0 Å². The highest BCUT2D eigenvalue weighted by atomic mass is 16.2. The predicted molar refractivity (Wildman–Crippen MR) is 97.4 cm³/mol. The normalized spacial score (nSPS) is 20.5. The molecule has 1 amide bonds. The Kier molecular flexibility index (Phi) is 4.78. The lowest BCUT2D eigenvalue weighted by Crippen LogP contribution is -2.40. The largest absolute Gasteiger partial charge is 0.332 e. The lowest BCUT2D eigenvalue weighted by molar-refractivity contribution is -0.135. The van der Waals surface area contributed by atoms with E-state index in [0.29, 0.717) is 13.0 Å². The SMILES string of the molecule is Cc1cc(C)n(CCC(=O)N2CCCC[C@@H]2c2nncn2CC2CC2)n1. The van der Waals surface area contributed by atoms with E-state index in [1.54, 1.807) is 0 Å². The van der Waals surface area contributed by atoms with Gasteiger partial charge in [-0.05, 0) is 57.9 Å². The summed E-state index contributed by atoms with van der Waals surface area (Å²) < 4.78 is 4.11. The molecule has 0 N–H and O–H groups in total. The Hall–Kier alpha value is -2.18. The molecular weight excluding hydrogens is 328 g/mol. The first-order valence-electron chi connectivity index (χ1n) is 9.80. The lowest BCUT2D eigenvalue weighted by atomic mass is 10.0. The van der Waals surface area contributed by atoms with Crippen molar-refractivity contribution in [2.45, 2.75) is 71.5 Å². The number of hydrogen-bond acceptors (Lipinski definition) is 4. The van der Waals surface area contributed by atoms with E-state index >= 15 is 0 Å². The number of aromatic nitrogens is 5. The molecule has 0 spiro atoms. The molecule has 1 saturated carbocycles. The van der Waals surface area contributed by atoms with Gasteiger partial charge >= 0.3 is 0 Å². The van der Waals surface area contributed by atoms with Crippen LogP contribution in [0, 0.1) is 19.8 Å². The summed E-state index contributed by atoms with van der Waals surface area (Å²) in [5, 5.41) is 13.0. The van der Waals surface area contributed by atoms with Gasteiger partial charge in [0, 0.05) is 31.7 Å². The second-order valence-electron chi connectivity index (χ2n) is 7.78. The summed E-state index contributed by atoms with van der Waals surface area (Å²) in [7, 11) is 0. The van der Waals surface area contributed by atoms with E-state index in [1.807, 2.05) is 29.8 Å². The smallest absolute Gasteiger partial charge is 0.225 e. The van der Waals surface area contributed by atoms with Gasteiger partial charge in [0.2, 0.25) is 5.91 Å². The second kappa shape index (κ2) is 7.21. The van der Waals surface area contributed by atoms with Crippen LogP contribution in [0.25, 0.3) is 0 Å². The van der Waals surface area contributed by atoms with Gasteiger partial charge in [0.05, 0.1) is 11.7 Å². The van der Waals surface area contributed by atoms with Gasteiger partial charge in [-0.15, -0.1) is 10.2 Å². The minimum Gasteiger partial charge on any atom is -0.332 e. The summed E-state index contributed by atoms with van der Waals surface area (Å²) in [5.41, 5.74) is 2.11. The number of amides is 1. The number of likely N-dealkylation sites (tertiary alicyclic amines) is 1. The van der Waals surface area contributed by atoms with Gasteiger partial charge in [0.15, 0.2) is 5.82 Å². The van der Waals surface area contributed by atoms with E-state index in [2.05, 4.69) is 25.9 Å². The summed E-state index contributed by atoms with van der Waals surface area (Å²) in [6, 6.07) is 2.12. The number of nitrogens with zero attached hydrogens (tertiary/aromatic N) is 6. The number of carbonyl (C=O) groups excluding carboxylic acids is 1. The number of aryl methyl sites for hydroxylation is 3. The first-order valence-corrected chi connectivity index (χ1v) is 9.80. The van der Waals surface area contributed by atoms with Crippen LogP contribution in [0.5, 0.6) is 0 Å². The van der Waals surface area contributed by atoms with Crippen molar-refractivity contribution in [1.82, 2.24) is 29.4 Å². The number of hydrogen-bond donors (Lipinski definition) is 0. The minimum atomic E-state index is 0.0676. The van der Waals surface area contributed by atoms with E-state index in [1.165, 1.54) is 12.8 Å². The summed E-state index contributed by atoms with van der Waals surface area (Å²) in [6.07, 6.45) is 8.10. The molecule has 2 fully saturated rings. The van der Waals surface area contributed by atoms with E-state index in [0.717, 1.165) is 55.5 Å². The third kappa shape index (κ3) is 3.66. The Labute approximate surface area is 154 Å². The Bertz CT molecular complexity index is 775. The maximum absolute atomic E-state index is 13.0. The number of rotatable bonds is 6. The Morgan fingerprint density at radius 3 is 2.81 bits per heavy atom. The fraction of sp³-hybridized carbons (Fsp3) is 0.684. The molecule has 2 aromatic heterocycles. The van der Waals surface area contributed by atoms with Crippen molar-refractivity contribution in [2.24, 2.45) is 5.92 Å². The average Bonchev–Trinajstić information content (AvgIpc) is 3.22. The molecule has 26 heavy (non-hydrogen) atoms. The van der Waals surface area contributed by atoms with Crippen LogP contribution < -0.4 is 0 Å². The summed E-state index contributed by atoms with van der Waals surface area (Å²) >= 11 is 0.